The molecule has 0 saturated heterocycles. The maximum atomic E-state index is 12.0. The highest BCUT2D eigenvalue weighted by Gasteiger charge is 2.19. The first-order valence-corrected chi connectivity index (χ1v) is 7.43. The largest absolute Gasteiger partial charge is 0.251 e. The molecule has 0 rings (SSSR count). The molecule has 0 fully saturated rings. The predicted molar refractivity (Wildman–Crippen MR) is 83.8 cm³/mol. The van der Waals surface area contributed by atoms with E-state index in [0.717, 1.165) is 18.4 Å². The Kier molecular flexibility index (Phi) is 10.3. The highest BCUT2D eigenvalue weighted by molar-refractivity contribution is 5.28. The van der Waals surface area contributed by atoms with Gasteiger partial charge in [0.1, 0.15) is 0 Å². The average Bonchev–Trinajstić information content (AvgIpc) is 2.39. The maximum Gasteiger partial charge on any atom is 0.0903 e. The van der Waals surface area contributed by atoms with E-state index in [2.05, 4.69) is 45.3 Å². The van der Waals surface area contributed by atoms with Gasteiger partial charge in [-0.3, -0.25) is 4.39 Å². The second kappa shape index (κ2) is 10.9. The summed E-state index contributed by atoms with van der Waals surface area (Å²) in [7, 11) is 0. The van der Waals surface area contributed by atoms with Crippen LogP contribution in [0.25, 0.3) is 0 Å². The predicted octanol–water partition coefficient (Wildman–Crippen LogP) is 5.85. The van der Waals surface area contributed by atoms with Gasteiger partial charge in [0, 0.05) is 6.42 Å². The molecular formula is C18H29F. The van der Waals surface area contributed by atoms with Crippen molar-refractivity contribution in [3.63, 3.8) is 0 Å². The third-order valence-corrected chi connectivity index (χ3v) is 3.31. The van der Waals surface area contributed by atoms with E-state index in [-0.39, 0.29) is 12.1 Å². The topological polar surface area (TPSA) is 0 Å². The van der Waals surface area contributed by atoms with E-state index in [1.54, 1.807) is 0 Å². The number of unbranched alkanes of at least 4 members (excludes halogenated alkanes) is 2. The van der Waals surface area contributed by atoms with Crippen molar-refractivity contribution in [1.29, 1.82) is 0 Å². The minimum Gasteiger partial charge on any atom is -0.251 e. The number of hydrogen-bond donors (Lipinski definition) is 0. The summed E-state index contributed by atoms with van der Waals surface area (Å²) in [4.78, 5) is 0. The zero-order valence-corrected chi connectivity index (χ0v) is 12.9. The zero-order valence-electron chi connectivity index (χ0n) is 12.9. The van der Waals surface area contributed by atoms with Crippen LogP contribution in [-0.4, -0.2) is 6.67 Å². The third kappa shape index (κ3) is 9.54. The van der Waals surface area contributed by atoms with Crippen molar-refractivity contribution in [2.45, 2.75) is 65.7 Å². The molecule has 1 heteroatoms. The first-order valence-electron chi connectivity index (χ1n) is 7.43. The monoisotopic (exact) mass is 264 g/mol. The van der Waals surface area contributed by atoms with Gasteiger partial charge in [0.25, 0.3) is 0 Å². The third-order valence-electron chi connectivity index (χ3n) is 3.31. The Bertz CT molecular complexity index is 329. The van der Waals surface area contributed by atoms with E-state index in [0.29, 0.717) is 12.8 Å². The summed E-state index contributed by atoms with van der Waals surface area (Å²) in [5, 5.41) is 0. The van der Waals surface area contributed by atoms with Crippen LogP contribution in [0.3, 0.4) is 0 Å². The van der Waals surface area contributed by atoms with Gasteiger partial charge in [0.05, 0.1) is 6.67 Å². The van der Waals surface area contributed by atoms with Crippen LogP contribution in [0.15, 0.2) is 24.3 Å². The van der Waals surface area contributed by atoms with Crippen LogP contribution >= 0.6 is 0 Å². The number of hydrogen-bond acceptors (Lipinski definition) is 0. The Balaban J connectivity index is 4.63. The molecule has 0 amide bonds. The number of rotatable bonds is 9. The molecule has 0 aromatic rings. The average molecular weight is 264 g/mol. The van der Waals surface area contributed by atoms with E-state index >= 15 is 0 Å². The Morgan fingerprint density at radius 2 is 2.05 bits per heavy atom. The first-order chi connectivity index (χ1) is 9.08. The molecule has 108 valence electrons. The molecule has 0 aromatic heterocycles. The van der Waals surface area contributed by atoms with Gasteiger partial charge < -0.3 is 0 Å². The van der Waals surface area contributed by atoms with Crippen molar-refractivity contribution < 1.29 is 4.39 Å². The van der Waals surface area contributed by atoms with Gasteiger partial charge in [0.2, 0.25) is 0 Å². The summed E-state index contributed by atoms with van der Waals surface area (Å²) in [6.07, 6.45) is 11.3. The van der Waals surface area contributed by atoms with Crippen LogP contribution in [0.2, 0.25) is 0 Å². The van der Waals surface area contributed by atoms with E-state index in [1.165, 1.54) is 19.3 Å². The Hall–Kier alpha value is -1.03. The van der Waals surface area contributed by atoms with Gasteiger partial charge in [0.15, 0.2) is 0 Å². The number of alkyl halides is 1. The summed E-state index contributed by atoms with van der Waals surface area (Å²) in [6, 6.07) is 0. The molecule has 0 N–H and O–H groups in total. The summed E-state index contributed by atoms with van der Waals surface area (Å²) < 4.78 is 12.0. The molecule has 0 aliphatic rings. The number of allylic oxidation sites excluding steroid dienone is 3. The fourth-order valence-electron chi connectivity index (χ4n) is 2.20. The molecule has 1 unspecified atom stereocenters. The van der Waals surface area contributed by atoms with Crippen molar-refractivity contribution >= 4 is 0 Å². The quantitative estimate of drug-likeness (QED) is 0.278. The summed E-state index contributed by atoms with van der Waals surface area (Å²) >= 11 is 0. The van der Waals surface area contributed by atoms with Gasteiger partial charge in [-0.1, -0.05) is 50.7 Å². The summed E-state index contributed by atoms with van der Waals surface area (Å²) in [5.41, 5.74) is 1.32. The minimum atomic E-state index is -0.273. The molecule has 0 aliphatic carbocycles. The summed E-state index contributed by atoms with van der Waals surface area (Å²) in [6.45, 7) is 10.1. The first kappa shape index (κ1) is 18.0. The maximum absolute atomic E-state index is 12.0. The van der Waals surface area contributed by atoms with Gasteiger partial charge in [-0.25, -0.2) is 0 Å². The SMILES string of the molecule is C=CCCC(C)(/C=C(\C)C#CCCCF)CCCC. The van der Waals surface area contributed by atoms with Crippen molar-refractivity contribution in [2.75, 3.05) is 6.67 Å². The normalized spacial score (nSPS) is 14.4. The second-order valence-electron chi connectivity index (χ2n) is 5.51. The molecule has 0 nitrogen and oxygen atoms in total. The van der Waals surface area contributed by atoms with Gasteiger partial charge in [-0.2, -0.15) is 0 Å². The smallest absolute Gasteiger partial charge is 0.0903 e. The molecule has 19 heavy (non-hydrogen) atoms. The zero-order chi connectivity index (χ0) is 14.6. The van der Waals surface area contributed by atoms with Crippen molar-refractivity contribution in [2.24, 2.45) is 5.41 Å². The molecule has 0 heterocycles. The molecule has 1 atom stereocenters. The van der Waals surface area contributed by atoms with Crippen LogP contribution in [0.5, 0.6) is 0 Å². The molecule has 0 saturated carbocycles. The van der Waals surface area contributed by atoms with Gasteiger partial charge in [-0.05, 0) is 43.6 Å². The Morgan fingerprint density at radius 3 is 2.63 bits per heavy atom. The van der Waals surface area contributed by atoms with E-state index in [4.69, 9.17) is 0 Å². The van der Waals surface area contributed by atoms with E-state index in [1.807, 2.05) is 6.08 Å². The fraction of sp³-hybridized carbons (Fsp3) is 0.667. The van der Waals surface area contributed by atoms with Gasteiger partial charge >= 0.3 is 0 Å². The van der Waals surface area contributed by atoms with Crippen molar-refractivity contribution in [3.8, 4) is 11.8 Å². The molecule has 0 radical (unpaired) electrons. The fourth-order valence-corrected chi connectivity index (χ4v) is 2.20. The highest BCUT2D eigenvalue weighted by atomic mass is 19.1. The van der Waals surface area contributed by atoms with Crippen molar-refractivity contribution in [3.05, 3.63) is 24.3 Å². The highest BCUT2D eigenvalue weighted by Crippen LogP contribution is 2.32. The van der Waals surface area contributed by atoms with E-state index < -0.39 is 0 Å². The lowest BCUT2D eigenvalue weighted by Crippen LogP contribution is -2.13. The Labute approximate surface area is 119 Å². The van der Waals surface area contributed by atoms with E-state index in [9.17, 15) is 4.39 Å². The van der Waals surface area contributed by atoms with Crippen LogP contribution in [-0.2, 0) is 0 Å². The molecule has 0 aliphatic heterocycles. The lowest BCUT2D eigenvalue weighted by Gasteiger charge is -2.26. The number of halogens is 1. The van der Waals surface area contributed by atoms with Gasteiger partial charge in [-0.15, -0.1) is 6.58 Å². The molecule has 0 aromatic carbocycles. The standard InChI is InChI=1S/C18H29F/c1-5-7-13-18(4,14-8-6-2)16-17(3)12-10-9-11-15-19/h5,16H,1,6-9,11,13-15H2,2-4H3/b17-16+. The second-order valence-corrected chi connectivity index (χ2v) is 5.51. The molecular weight excluding hydrogens is 235 g/mol. The lowest BCUT2D eigenvalue weighted by molar-refractivity contribution is 0.349. The van der Waals surface area contributed by atoms with Crippen LogP contribution in [0, 0.1) is 17.3 Å². The lowest BCUT2D eigenvalue weighted by atomic mass is 9.79. The van der Waals surface area contributed by atoms with Crippen LogP contribution < -0.4 is 0 Å². The molecule has 0 spiro atoms. The van der Waals surface area contributed by atoms with Crippen LogP contribution in [0.4, 0.5) is 4.39 Å². The minimum absolute atomic E-state index is 0.211. The Morgan fingerprint density at radius 1 is 1.32 bits per heavy atom. The summed E-state index contributed by atoms with van der Waals surface area (Å²) in [5.74, 6) is 6.19. The van der Waals surface area contributed by atoms with Crippen LogP contribution in [0.1, 0.15) is 65.7 Å². The molecule has 0 bridgehead atoms. The van der Waals surface area contributed by atoms with Crippen molar-refractivity contribution in [1.82, 2.24) is 0 Å².